The van der Waals surface area contributed by atoms with Crippen molar-refractivity contribution in [3.63, 3.8) is 0 Å². The molecular weight excluding hydrogens is 262 g/mol. The van der Waals surface area contributed by atoms with Gasteiger partial charge in [-0.1, -0.05) is 45.0 Å². The Hall–Kier alpha value is -1.35. The number of aliphatic carboxylic acids is 1. The zero-order valence-electron chi connectivity index (χ0n) is 13.6. The molecule has 0 bridgehead atoms. The lowest BCUT2D eigenvalue weighted by atomic mass is 9.86. The lowest BCUT2D eigenvalue weighted by Crippen LogP contribution is -2.25. The van der Waals surface area contributed by atoms with Crippen LogP contribution >= 0.6 is 0 Å². The molecule has 0 radical (unpaired) electrons. The fourth-order valence-electron chi connectivity index (χ4n) is 3.10. The molecule has 2 rings (SSSR count). The van der Waals surface area contributed by atoms with Crippen LogP contribution < -0.4 is 0 Å². The second kappa shape index (κ2) is 6.18. The highest BCUT2D eigenvalue weighted by Gasteiger charge is 2.28. The summed E-state index contributed by atoms with van der Waals surface area (Å²) in [6.07, 6.45) is 1.29. The van der Waals surface area contributed by atoms with Crippen molar-refractivity contribution in [3.05, 3.63) is 35.4 Å². The van der Waals surface area contributed by atoms with E-state index in [1.165, 1.54) is 11.1 Å². The van der Waals surface area contributed by atoms with Crippen molar-refractivity contribution in [3.8, 4) is 0 Å². The number of carboxylic acid groups (broad SMARTS) is 1. The van der Waals surface area contributed by atoms with Gasteiger partial charge in [0.05, 0.1) is 0 Å². The molecule has 0 spiro atoms. The predicted octanol–water partition coefficient (Wildman–Crippen LogP) is 3.84. The molecular formula is C18H27NO2. The quantitative estimate of drug-likeness (QED) is 0.915. The average molecular weight is 289 g/mol. The van der Waals surface area contributed by atoms with E-state index in [0.717, 1.165) is 19.5 Å². The first-order chi connectivity index (χ1) is 9.77. The van der Waals surface area contributed by atoms with E-state index < -0.39 is 5.97 Å². The summed E-state index contributed by atoms with van der Waals surface area (Å²) < 4.78 is 0. The molecule has 1 saturated heterocycles. The lowest BCUT2D eigenvalue weighted by Gasteiger charge is -2.26. The van der Waals surface area contributed by atoms with Crippen LogP contribution in [0.4, 0.5) is 0 Å². The number of carboxylic acids is 1. The summed E-state index contributed by atoms with van der Waals surface area (Å²) in [6, 6.07) is 9.23. The Morgan fingerprint density at radius 3 is 2.48 bits per heavy atom. The molecule has 1 aliphatic rings. The first-order valence-electron chi connectivity index (χ1n) is 7.83. The molecule has 0 aliphatic carbocycles. The molecule has 0 saturated carbocycles. The SMILES string of the molecule is CC(c1ccc(C(C)(C)C)cc1)N1CCC(CC(=O)O)C1. The van der Waals surface area contributed by atoms with Crippen LogP contribution in [-0.2, 0) is 10.2 Å². The summed E-state index contributed by atoms with van der Waals surface area (Å²) in [5.41, 5.74) is 2.85. The Bertz CT molecular complexity index is 487. The summed E-state index contributed by atoms with van der Waals surface area (Å²) in [5.74, 6) is -0.372. The molecule has 3 nitrogen and oxygen atoms in total. The largest absolute Gasteiger partial charge is 0.481 e. The molecule has 1 aliphatic heterocycles. The molecule has 116 valence electrons. The highest BCUT2D eigenvalue weighted by molar-refractivity contribution is 5.67. The molecule has 2 atom stereocenters. The minimum absolute atomic E-state index is 0.183. The number of likely N-dealkylation sites (tertiary alicyclic amines) is 1. The summed E-state index contributed by atoms with van der Waals surface area (Å²) >= 11 is 0. The highest BCUT2D eigenvalue weighted by atomic mass is 16.4. The molecule has 1 N–H and O–H groups in total. The van der Waals surface area contributed by atoms with Gasteiger partial charge >= 0.3 is 5.97 Å². The van der Waals surface area contributed by atoms with Crippen LogP contribution in [0.25, 0.3) is 0 Å². The van der Waals surface area contributed by atoms with Gasteiger partial charge in [-0.25, -0.2) is 0 Å². The van der Waals surface area contributed by atoms with Crippen LogP contribution in [0.5, 0.6) is 0 Å². The van der Waals surface area contributed by atoms with Gasteiger partial charge in [-0.2, -0.15) is 0 Å². The topological polar surface area (TPSA) is 40.5 Å². The van der Waals surface area contributed by atoms with Crippen LogP contribution in [0.15, 0.2) is 24.3 Å². The molecule has 3 heteroatoms. The van der Waals surface area contributed by atoms with E-state index in [9.17, 15) is 4.79 Å². The maximum atomic E-state index is 10.8. The molecule has 21 heavy (non-hydrogen) atoms. The molecule has 0 amide bonds. The van der Waals surface area contributed by atoms with Crippen molar-refractivity contribution in [1.29, 1.82) is 0 Å². The van der Waals surface area contributed by atoms with Crippen molar-refractivity contribution in [2.45, 2.75) is 52.0 Å². The number of rotatable bonds is 4. The number of hydrogen-bond acceptors (Lipinski definition) is 2. The predicted molar refractivity (Wildman–Crippen MR) is 85.5 cm³/mol. The Morgan fingerprint density at radius 2 is 1.95 bits per heavy atom. The third-order valence-corrected chi connectivity index (χ3v) is 4.59. The third kappa shape index (κ3) is 4.07. The number of hydrogen-bond donors (Lipinski definition) is 1. The normalized spacial score (nSPS) is 21.4. The van der Waals surface area contributed by atoms with E-state index in [1.54, 1.807) is 0 Å². The smallest absolute Gasteiger partial charge is 0.303 e. The fourth-order valence-corrected chi connectivity index (χ4v) is 3.10. The van der Waals surface area contributed by atoms with E-state index in [1.807, 2.05) is 0 Å². The summed E-state index contributed by atoms with van der Waals surface area (Å²) in [7, 11) is 0. The Morgan fingerprint density at radius 1 is 1.33 bits per heavy atom. The number of benzene rings is 1. The summed E-state index contributed by atoms with van der Waals surface area (Å²) in [4.78, 5) is 13.2. The van der Waals surface area contributed by atoms with Gasteiger partial charge in [-0.3, -0.25) is 9.69 Å². The molecule has 1 aromatic carbocycles. The first-order valence-corrected chi connectivity index (χ1v) is 7.83. The van der Waals surface area contributed by atoms with E-state index in [4.69, 9.17) is 5.11 Å². The molecule has 2 unspecified atom stereocenters. The summed E-state index contributed by atoms with van der Waals surface area (Å²) in [5, 5.41) is 8.90. The van der Waals surface area contributed by atoms with Gasteiger partial charge in [0.1, 0.15) is 0 Å². The van der Waals surface area contributed by atoms with E-state index in [2.05, 4.69) is 56.9 Å². The van der Waals surface area contributed by atoms with Crippen LogP contribution in [0.1, 0.15) is 57.7 Å². The zero-order valence-corrected chi connectivity index (χ0v) is 13.6. The van der Waals surface area contributed by atoms with Crippen molar-refractivity contribution in [2.24, 2.45) is 5.92 Å². The minimum atomic E-state index is -0.677. The fraction of sp³-hybridized carbons (Fsp3) is 0.611. The van der Waals surface area contributed by atoms with E-state index in [0.29, 0.717) is 18.4 Å². The van der Waals surface area contributed by atoms with Gasteiger partial charge in [0.25, 0.3) is 0 Å². The van der Waals surface area contributed by atoms with Crippen LogP contribution in [0, 0.1) is 5.92 Å². The molecule has 0 aromatic heterocycles. The maximum absolute atomic E-state index is 10.8. The van der Waals surface area contributed by atoms with Gasteiger partial charge in [-0.05, 0) is 42.3 Å². The van der Waals surface area contributed by atoms with Gasteiger partial charge in [0, 0.05) is 19.0 Å². The van der Waals surface area contributed by atoms with E-state index >= 15 is 0 Å². The molecule has 1 aromatic rings. The molecule has 1 heterocycles. The van der Waals surface area contributed by atoms with Crippen molar-refractivity contribution >= 4 is 5.97 Å². The monoisotopic (exact) mass is 289 g/mol. The Labute approximate surface area is 128 Å². The number of nitrogens with zero attached hydrogens (tertiary/aromatic N) is 1. The van der Waals surface area contributed by atoms with Gasteiger partial charge in [0.15, 0.2) is 0 Å². The van der Waals surface area contributed by atoms with Gasteiger partial charge < -0.3 is 5.11 Å². The van der Waals surface area contributed by atoms with Crippen LogP contribution in [-0.4, -0.2) is 29.1 Å². The van der Waals surface area contributed by atoms with Crippen molar-refractivity contribution < 1.29 is 9.90 Å². The highest BCUT2D eigenvalue weighted by Crippen LogP contribution is 2.30. The Kier molecular flexibility index (Phi) is 4.72. The average Bonchev–Trinajstić information content (AvgIpc) is 2.84. The lowest BCUT2D eigenvalue weighted by molar-refractivity contribution is -0.138. The second-order valence-corrected chi connectivity index (χ2v) is 7.30. The Balaban J connectivity index is 2.01. The first kappa shape index (κ1) is 16.0. The standard InChI is InChI=1S/C18H27NO2/c1-13(19-10-9-14(12-19)11-17(20)21)15-5-7-16(8-6-15)18(2,3)4/h5-8,13-14H,9-12H2,1-4H3,(H,20,21). The van der Waals surface area contributed by atoms with Gasteiger partial charge in [-0.15, -0.1) is 0 Å². The third-order valence-electron chi connectivity index (χ3n) is 4.59. The van der Waals surface area contributed by atoms with Crippen LogP contribution in [0.2, 0.25) is 0 Å². The maximum Gasteiger partial charge on any atom is 0.303 e. The number of carbonyl (C=O) groups is 1. The van der Waals surface area contributed by atoms with Crippen LogP contribution in [0.3, 0.4) is 0 Å². The minimum Gasteiger partial charge on any atom is -0.481 e. The van der Waals surface area contributed by atoms with E-state index in [-0.39, 0.29) is 5.41 Å². The van der Waals surface area contributed by atoms with Gasteiger partial charge in [0.2, 0.25) is 0 Å². The second-order valence-electron chi connectivity index (χ2n) is 7.30. The van der Waals surface area contributed by atoms with Crippen molar-refractivity contribution in [1.82, 2.24) is 4.90 Å². The van der Waals surface area contributed by atoms with Crippen molar-refractivity contribution in [2.75, 3.05) is 13.1 Å². The summed E-state index contributed by atoms with van der Waals surface area (Å²) in [6.45, 7) is 10.8. The zero-order chi connectivity index (χ0) is 15.6. The molecule has 1 fully saturated rings.